The Kier molecular flexibility index (Phi) is 4.30. The highest BCUT2D eigenvalue weighted by molar-refractivity contribution is 5.35. The van der Waals surface area contributed by atoms with Crippen molar-refractivity contribution in [3.8, 4) is 0 Å². The highest BCUT2D eigenvalue weighted by atomic mass is 19.1. The van der Waals surface area contributed by atoms with Crippen LogP contribution in [0.4, 0.5) is 4.39 Å². The summed E-state index contributed by atoms with van der Waals surface area (Å²) in [7, 11) is 0. The van der Waals surface area contributed by atoms with E-state index in [1.807, 2.05) is 31.2 Å². The summed E-state index contributed by atoms with van der Waals surface area (Å²) in [4.78, 5) is 0. The third kappa shape index (κ3) is 3.19. The average Bonchev–Trinajstić information content (AvgIpc) is 2.43. The Morgan fingerprint density at radius 3 is 1.95 bits per heavy atom. The molecule has 0 saturated carbocycles. The topological polar surface area (TPSA) is 46.2 Å². The van der Waals surface area contributed by atoms with Gasteiger partial charge < -0.3 is 10.8 Å². The molecule has 0 aliphatic heterocycles. The molecule has 2 nitrogen and oxygen atoms in total. The molecule has 19 heavy (non-hydrogen) atoms. The predicted molar refractivity (Wildman–Crippen MR) is 74.5 cm³/mol. The summed E-state index contributed by atoms with van der Waals surface area (Å²) in [6, 6.07) is 14.1. The maximum absolute atomic E-state index is 13.0. The van der Waals surface area contributed by atoms with Gasteiger partial charge in [0.2, 0.25) is 0 Å². The van der Waals surface area contributed by atoms with Crippen LogP contribution in [0, 0.1) is 12.7 Å². The van der Waals surface area contributed by atoms with Crippen LogP contribution in [0.25, 0.3) is 0 Å². The second-order valence-electron chi connectivity index (χ2n) is 4.74. The van der Waals surface area contributed by atoms with E-state index in [1.165, 1.54) is 12.1 Å². The van der Waals surface area contributed by atoms with E-state index in [9.17, 15) is 9.50 Å². The van der Waals surface area contributed by atoms with Gasteiger partial charge in [-0.05, 0) is 30.2 Å². The van der Waals surface area contributed by atoms with E-state index >= 15 is 0 Å². The van der Waals surface area contributed by atoms with E-state index in [-0.39, 0.29) is 18.3 Å². The number of aryl methyl sites for hydroxylation is 1. The smallest absolute Gasteiger partial charge is 0.123 e. The Morgan fingerprint density at radius 1 is 1.00 bits per heavy atom. The van der Waals surface area contributed by atoms with Crippen molar-refractivity contribution in [2.24, 2.45) is 5.73 Å². The van der Waals surface area contributed by atoms with E-state index in [2.05, 4.69) is 0 Å². The fraction of sp³-hybridized carbons (Fsp3) is 0.250. The molecule has 0 bridgehead atoms. The van der Waals surface area contributed by atoms with Gasteiger partial charge in [0.15, 0.2) is 0 Å². The molecule has 2 rings (SSSR count). The molecule has 3 heteroatoms. The van der Waals surface area contributed by atoms with Crippen molar-refractivity contribution in [1.82, 2.24) is 0 Å². The summed E-state index contributed by atoms with van der Waals surface area (Å²) in [5.74, 6) is -0.514. The van der Waals surface area contributed by atoms with Crippen LogP contribution in [0.5, 0.6) is 0 Å². The quantitative estimate of drug-likeness (QED) is 0.886. The van der Waals surface area contributed by atoms with E-state index in [0.29, 0.717) is 0 Å². The van der Waals surface area contributed by atoms with Gasteiger partial charge in [0.1, 0.15) is 5.82 Å². The summed E-state index contributed by atoms with van der Waals surface area (Å²) >= 11 is 0. The first-order valence-electron chi connectivity index (χ1n) is 6.32. The lowest BCUT2D eigenvalue weighted by molar-refractivity contribution is 0.164. The van der Waals surface area contributed by atoms with Crippen molar-refractivity contribution in [2.45, 2.75) is 18.9 Å². The first kappa shape index (κ1) is 13.7. The molecule has 0 heterocycles. The number of hydrogen-bond acceptors (Lipinski definition) is 2. The lowest BCUT2D eigenvalue weighted by Crippen LogP contribution is -2.28. The molecule has 0 aromatic heterocycles. The molecule has 0 spiro atoms. The summed E-state index contributed by atoms with van der Waals surface area (Å²) in [6.07, 6.45) is -0.687. The molecule has 3 N–H and O–H groups in total. The van der Waals surface area contributed by atoms with E-state index in [4.69, 9.17) is 5.73 Å². The molecular weight excluding hydrogens is 241 g/mol. The zero-order valence-corrected chi connectivity index (χ0v) is 10.9. The average molecular weight is 259 g/mol. The largest absolute Gasteiger partial charge is 0.391 e. The number of rotatable bonds is 4. The van der Waals surface area contributed by atoms with Gasteiger partial charge in [-0.25, -0.2) is 4.39 Å². The van der Waals surface area contributed by atoms with E-state index < -0.39 is 6.10 Å². The highest BCUT2D eigenvalue weighted by Crippen LogP contribution is 2.28. The van der Waals surface area contributed by atoms with Crippen molar-refractivity contribution in [1.29, 1.82) is 0 Å². The fourth-order valence-electron chi connectivity index (χ4n) is 2.22. The number of halogens is 1. The second-order valence-corrected chi connectivity index (χ2v) is 4.74. The first-order chi connectivity index (χ1) is 9.11. The lowest BCUT2D eigenvalue weighted by atomic mass is 9.86. The molecule has 0 radical (unpaired) electrons. The minimum atomic E-state index is -0.687. The van der Waals surface area contributed by atoms with Gasteiger partial charge in [0, 0.05) is 12.5 Å². The Labute approximate surface area is 112 Å². The number of benzene rings is 2. The van der Waals surface area contributed by atoms with Gasteiger partial charge in [-0.3, -0.25) is 0 Å². The molecule has 2 aromatic rings. The third-order valence-electron chi connectivity index (χ3n) is 3.29. The molecule has 0 aliphatic rings. The molecule has 0 amide bonds. The van der Waals surface area contributed by atoms with Crippen molar-refractivity contribution < 1.29 is 9.50 Å². The third-order valence-corrected chi connectivity index (χ3v) is 3.29. The standard InChI is InChI=1S/C16H18FNO/c1-11-2-4-12(5-3-11)16(15(19)10-18)13-6-8-14(17)9-7-13/h2-9,15-16,19H,10,18H2,1H3/t15-,16+/m0/s1. The molecule has 0 saturated heterocycles. The van der Waals surface area contributed by atoms with Crippen molar-refractivity contribution in [3.63, 3.8) is 0 Å². The van der Waals surface area contributed by atoms with Crippen LogP contribution in [-0.2, 0) is 0 Å². The zero-order valence-electron chi connectivity index (χ0n) is 10.9. The lowest BCUT2D eigenvalue weighted by Gasteiger charge is -2.23. The number of hydrogen-bond donors (Lipinski definition) is 2. The summed E-state index contributed by atoms with van der Waals surface area (Å²) in [5.41, 5.74) is 8.59. The van der Waals surface area contributed by atoms with Crippen LogP contribution in [0.3, 0.4) is 0 Å². The van der Waals surface area contributed by atoms with Crippen LogP contribution < -0.4 is 5.73 Å². The molecule has 2 aromatic carbocycles. The van der Waals surface area contributed by atoms with Gasteiger partial charge in [-0.1, -0.05) is 42.0 Å². The van der Waals surface area contributed by atoms with Crippen molar-refractivity contribution >= 4 is 0 Å². The zero-order chi connectivity index (χ0) is 13.8. The van der Waals surface area contributed by atoms with Crippen LogP contribution in [0.15, 0.2) is 48.5 Å². The normalized spacial score (nSPS) is 14.1. The van der Waals surface area contributed by atoms with E-state index in [0.717, 1.165) is 16.7 Å². The molecular formula is C16H18FNO. The highest BCUT2D eigenvalue weighted by Gasteiger charge is 2.21. The van der Waals surface area contributed by atoms with Gasteiger partial charge in [-0.15, -0.1) is 0 Å². The summed E-state index contributed by atoms with van der Waals surface area (Å²) in [5, 5.41) is 10.1. The number of aliphatic hydroxyl groups excluding tert-OH is 1. The van der Waals surface area contributed by atoms with E-state index in [1.54, 1.807) is 12.1 Å². The molecule has 0 aliphatic carbocycles. The maximum Gasteiger partial charge on any atom is 0.123 e. The second kappa shape index (κ2) is 5.95. The van der Waals surface area contributed by atoms with Gasteiger partial charge >= 0.3 is 0 Å². The van der Waals surface area contributed by atoms with Crippen LogP contribution in [-0.4, -0.2) is 17.8 Å². The summed E-state index contributed by atoms with van der Waals surface area (Å²) in [6.45, 7) is 2.17. The molecule has 2 atom stereocenters. The Bertz CT molecular complexity index is 476. The first-order valence-corrected chi connectivity index (χ1v) is 6.32. The van der Waals surface area contributed by atoms with Crippen LogP contribution >= 0.6 is 0 Å². The minimum absolute atomic E-state index is 0.163. The number of nitrogens with two attached hydrogens (primary N) is 1. The van der Waals surface area contributed by atoms with Crippen LogP contribution in [0.2, 0.25) is 0 Å². The van der Waals surface area contributed by atoms with Gasteiger partial charge in [-0.2, -0.15) is 0 Å². The summed E-state index contributed by atoms with van der Waals surface area (Å²) < 4.78 is 13.0. The molecule has 0 unspecified atom stereocenters. The Morgan fingerprint density at radius 2 is 1.47 bits per heavy atom. The van der Waals surface area contributed by atoms with Crippen molar-refractivity contribution in [3.05, 3.63) is 71.0 Å². The number of aliphatic hydroxyl groups is 1. The minimum Gasteiger partial charge on any atom is -0.391 e. The Balaban J connectivity index is 2.41. The van der Waals surface area contributed by atoms with Gasteiger partial charge in [0.25, 0.3) is 0 Å². The van der Waals surface area contributed by atoms with Crippen LogP contribution in [0.1, 0.15) is 22.6 Å². The predicted octanol–water partition coefficient (Wildman–Crippen LogP) is 2.59. The Hall–Kier alpha value is -1.71. The molecule has 100 valence electrons. The fourth-order valence-corrected chi connectivity index (χ4v) is 2.22. The molecule has 0 fully saturated rings. The SMILES string of the molecule is Cc1ccc([C@H](c2ccc(F)cc2)[C@@H](O)CN)cc1. The van der Waals surface area contributed by atoms with Crippen molar-refractivity contribution in [2.75, 3.05) is 6.54 Å². The van der Waals surface area contributed by atoms with Gasteiger partial charge in [0.05, 0.1) is 6.10 Å². The monoisotopic (exact) mass is 259 g/mol. The maximum atomic E-state index is 13.0.